The number of ether oxygens (including phenoxy) is 1. The summed E-state index contributed by atoms with van der Waals surface area (Å²) in [5.74, 6) is -0.0808. The number of likely N-dealkylation sites (tertiary alicyclic amines) is 1. The van der Waals surface area contributed by atoms with E-state index in [9.17, 15) is 9.59 Å². The Kier molecular flexibility index (Phi) is 6.02. The monoisotopic (exact) mass is 352 g/mol. The fourth-order valence-electron chi connectivity index (χ4n) is 3.10. The van der Waals surface area contributed by atoms with Gasteiger partial charge in [-0.05, 0) is 67.9 Å². The number of nitrogens with zero attached hydrogens (tertiary/aromatic N) is 1. The van der Waals surface area contributed by atoms with Crippen molar-refractivity contribution in [2.75, 3.05) is 18.4 Å². The van der Waals surface area contributed by atoms with Gasteiger partial charge in [0, 0.05) is 19.2 Å². The summed E-state index contributed by atoms with van der Waals surface area (Å²) in [5.41, 5.74) is 2.40. The highest BCUT2D eigenvalue weighted by Gasteiger charge is 2.12. The number of anilines is 1. The van der Waals surface area contributed by atoms with Crippen molar-refractivity contribution >= 4 is 17.6 Å². The zero-order valence-electron chi connectivity index (χ0n) is 15.0. The van der Waals surface area contributed by atoms with Crippen LogP contribution in [-0.4, -0.2) is 29.9 Å². The van der Waals surface area contributed by atoms with E-state index in [0.717, 1.165) is 19.6 Å². The number of piperidine rings is 1. The first kappa shape index (κ1) is 18.1. The summed E-state index contributed by atoms with van der Waals surface area (Å²) in [6.07, 6.45) is 3.86. The number of nitrogens with one attached hydrogen (secondary N) is 1. The molecule has 1 N–H and O–H groups in total. The number of esters is 1. The molecule has 2 aromatic rings. The quantitative estimate of drug-likeness (QED) is 0.656. The van der Waals surface area contributed by atoms with Crippen LogP contribution in [0.4, 0.5) is 5.69 Å². The number of hydrogen-bond acceptors (Lipinski definition) is 4. The van der Waals surface area contributed by atoms with Crippen molar-refractivity contribution in [1.82, 2.24) is 4.90 Å². The molecule has 1 fully saturated rings. The van der Waals surface area contributed by atoms with Crippen LogP contribution in [-0.2, 0) is 11.3 Å². The lowest BCUT2D eigenvalue weighted by molar-refractivity contribution is -0.114. The van der Waals surface area contributed by atoms with Gasteiger partial charge in [-0.15, -0.1) is 0 Å². The zero-order valence-corrected chi connectivity index (χ0v) is 15.0. The molecule has 0 bridgehead atoms. The van der Waals surface area contributed by atoms with E-state index in [0.29, 0.717) is 17.0 Å². The summed E-state index contributed by atoms with van der Waals surface area (Å²) in [7, 11) is 0. The fourth-order valence-corrected chi connectivity index (χ4v) is 3.10. The summed E-state index contributed by atoms with van der Waals surface area (Å²) in [6, 6.07) is 14.3. The van der Waals surface area contributed by atoms with Crippen molar-refractivity contribution < 1.29 is 14.3 Å². The number of carbonyl (C=O) groups is 2. The van der Waals surface area contributed by atoms with Crippen LogP contribution >= 0.6 is 0 Å². The lowest BCUT2D eigenvalue weighted by atomic mass is 10.1. The maximum atomic E-state index is 12.3. The number of carbonyl (C=O) groups excluding carboxylic acids is 2. The van der Waals surface area contributed by atoms with Crippen LogP contribution < -0.4 is 10.1 Å². The topological polar surface area (TPSA) is 58.6 Å². The summed E-state index contributed by atoms with van der Waals surface area (Å²) < 4.78 is 5.39. The predicted octanol–water partition coefficient (Wildman–Crippen LogP) is 3.85. The summed E-state index contributed by atoms with van der Waals surface area (Å²) in [5, 5.41) is 2.67. The van der Waals surface area contributed by atoms with E-state index in [1.165, 1.54) is 31.7 Å². The smallest absolute Gasteiger partial charge is 0.343 e. The lowest BCUT2D eigenvalue weighted by Crippen LogP contribution is -2.29. The maximum absolute atomic E-state index is 12.3. The first-order chi connectivity index (χ1) is 12.6. The van der Waals surface area contributed by atoms with E-state index < -0.39 is 0 Å². The third-order valence-corrected chi connectivity index (χ3v) is 4.43. The van der Waals surface area contributed by atoms with Gasteiger partial charge < -0.3 is 10.1 Å². The third-order valence-electron chi connectivity index (χ3n) is 4.43. The van der Waals surface area contributed by atoms with Crippen LogP contribution in [0.5, 0.6) is 5.75 Å². The SMILES string of the molecule is CC(=O)Nc1ccc(OC(=O)c2ccc(CN3CCCCC3)cc2)cc1. The van der Waals surface area contributed by atoms with Gasteiger partial charge >= 0.3 is 5.97 Å². The second-order valence-corrected chi connectivity index (χ2v) is 6.63. The number of hydrogen-bond donors (Lipinski definition) is 1. The Hall–Kier alpha value is -2.66. The summed E-state index contributed by atoms with van der Waals surface area (Å²) >= 11 is 0. The molecule has 0 aromatic heterocycles. The molecular formula is C21H24N2O3. The molecule has 0 radical (unpaired) electrons. The lowest BCUT2D eigenvalue weighted by Gasteiger charge is -2.26. The van der Waals surface area contributed by atoms with Gasteiger partial charge in [0.25, 0.3) is 0 Å². The molecule has 26 heavy (non-hydrogen) atoms. The van der Waals surface area contributed by atoms with Crippen LogP contribution in [0, 0.1) is 0 Å². The van der Waals surface area contributed by atoms with E-state index in [1.807, 2.05) is 24.3 Å². The Morgan fingerprint density at radius 2 is 1.62 bits per heavy atom. The number of amides is 1. The molecule has 0 unspecified atom stereocenters. The average Bonchev–Trinajstić information content (AvgIpc) is 2.64. The molecule has 0 atom stereocenters. The molecule has 0 aliphatic carbocycles. The Labute approximate surface area is 154 Å². The molecule has 2 aromatic carbocycles. The minimum Gasteiger partial charge on any atom is -0.423 e. The standard InChI is InChI=1S/C21H24N2O3/c1-16(24)22-19-9-11-20(12-10-19)26-21(25)18-7-5-17(6-8-18)15-23-13-3-2-4-14-23/h5-12H,2-4,13-15H2,1H3,(H,22,24). The van der Waals surface area contributed by atoms with Crippen molar-refractivity contribution in [2.24, 2.45) is 0 Å². The van der Waals surface area contributed by atoms with Gasteiger partial charge in [0.05, 0.1) is 5.56 Å². The Morgan fingerprint density at radius 3 is 2.23 bits per heavy atom. The van der Waals surface area contributed by atoms with E-state index in [1.54, 1.807) is 24.3 Å². The molecule has 1 saturated heterocycles. The Balaban J connectivity index is 1.56. The van der Waals surface area contributed by atoms with Crippen LogP contribution in [0.2, 0.25) is 0 Å². The first-order valence-corrected chi connectivity index (χ1v) is 9.01. The van der Waals surface area contributed by atoms with Gasteiger partial charge in [-0.25, -0.2) is 4.79 Å². The number of benzene rings is 2. The van der Waals surface area contributed by atoms with Gasteiger partial charge in [-0.2, -0.15) is 0 Å². The highest BCUT2D eigenvalue weighted by molar-refractivity contribution is 5.91. The van der Waals surface area contributed by atoms with Gasteiger partial charge in [0.15, 0.2) is 0 Å². The highest BCUT2D eigenvalue weighted by atomic mass is 16.5. The normalized spacial score (nSPS) is 14.7. The fraction of sp³-hybridized carbons (Fsp3) is 0.333. The molecule has 5 heteroatoms. The number of rotatable bonds is 5. The molecule has 5 nitrogen and oxygen atoms in total. The zero-order chi connectivity index (χ0) is 18.4. The molecule has 1 heterocycles. The van der Waals surface area contributed by atoms with Crippen molar-refractivity contribution in [3.8, 4) is 5.75 Å². The van der Waals surface area contributed by atoms with Crippen LogP contribution in [0.15, 0.2) is 48.5 Å². The Morgan fingerprint density at radius 1 is 0.962 bits per heavy atom. The summed E-state index contributed by atoms with van der Waals surface area (Å²) in [4.78, 5) is 25.7. The van der Waals surface area contributed by atoms with E-state index in [2.05, 4.69) is 10.2 Å². The second-order valence-electron chi connectivity index (χ2n) is 6.63. The minimum atomic E-state index is -0.387. The van der Waals surface area contributed by atoms with Crippen LogP contribution in [0.1, 0.15) is 42.1 Å². The van der Waals surface area contributed by atoms with Gasteiger partial charge in [-0.1, -0.05) is 18.6 Å². The Bertz CT molecular complexity index is 748. The van der Waals surface area contributed by atoms with Gasteiger partial charge in [0.1, 0.15) is 5.75 Å². The van der Waals surface area contributed by atoms with Crippen molar-refractivity contribution in [3.05, 3.63) is 59.7 Å². The van der Waals surface area contributed by atoms with Crippen LogP contribution in [0.25, 0.3) is 0 Å². The molecule has 1 amide bonds. The minimum absolute atomic E-state index is 0.139. The molecule has 1 aliphatic rings. The molecule has 1 aliphatic heterocycles. The van der Waals surface area contributed by atoms with Gasteiger partial charge in [-0.3, -0.25) is 9.69 Å². The van der Waals surface area contributed by atoms with Crippen molar-refractivity contribution in [3.63, 3.8) is 0 Å². The molecule has 0 spiro atoms. The van der Waals surface area contributed by atoms with Gasteiger partial charge in [0.2, 0.25) is 5.91 Å². The van der Waals surface area contributed by atoms with Crippen molar-refractivity contribution in [2.45, 2.75) is 32.7 Å². The largest absolute Gasteiger partial charge is 0.423 e. The van der Waals surface area contributed by atoms with Crippen LogP contribution in [0.3, 0.4) is 0 Å². The third kappa shape index (κ3) is 5.17. The average molecular weight is 352 g/mol. The van der Waals surface area contributed by atoms with E-state index in [-0.39, 0.29) is 11.9 Å². The highest BCUT2D eigenvalue weighted by Crippen LogP contribution is 2.18. The summed E-state index contributed by atoms with van der Waals surface area (Å²) in [6.45, 7) is 4.68. The molecule has 3 rings (SSSR count). The molecular weight excluding hydrogens is 328 g/mol. The molecule has 0 saturated carbocycles. The van der Waals surface area contributed by atoms with E-state index >= 15 is 0 Å². The van der Waals surface area contributed by atoms with Crippen molar-refractivity contribution in [1.29, 1.82) is 0 Å². The second kappa shape index (κ2) is 8.63. The molecule has 136 valence electrons. The first-order valence-electron chi connectivity index (χ1n) is 9.01. The predicted molar refractivity (Wildman–Crippen MR) is 101 cm³/mol. The van der Waals surface area contributed by atoms with E-state index in [4.69, 9.17) is 4.74 Å². The maximum Gasteiger partial charge on any atom is 0.343 e.